The van der Waals surface area contributed by atoms with E-state index < -0.39 is 0 Å². The molecule has 1 heterocycles. The number of nitrogens with one attached hydrogen (secondary N) is 1. The van der Waals surface area contributed by atoms with Gasteiger partial charge < -0.3 is 5.32 Å². The molecule has 1 amide bonds. The summed E-state index contributed by atoms with van der Waals surface area (Å²) in [6.07, 6.45) is 2.44. The van der Waals surface area contributed by atoms with Gasteiger partial charge in [-0.25, -0.2) is 0 Å². The highest BCUT2D eigenvalue weighted by atomic mass is 35.5. The van der Waals surface area contributed by atoms with E-state index in [9.17, 15) is 4.79 Å². The molecule has 132 valence electrons. The molecule has 0 aromatic heterocycles. The Morgan fingerprint density at radius 1 is 0.880 bits per heavy atom. The molecule has 0 bridgehead atoms. The third-order valence-electron chi connectivity index (χ3n) is 5.28. The van der Waals surface area contributed by atoms with Crippen LogP contribution in [0.15, 0.2) is 60.7 Å². The summed E-state index contributed by atoms with van der Waals surface area (Å²) in [5.74, 6) is 0.938. The molecule has 4 rings (SSSR count). The van der Waals surface area contributed by atoms with Gasteiger partial charge in [-0.2, -0.15) is 0 Å². The fraction of sp³-hybridized carbons (Fsp3) is 0.381. The van der Waals surface area contributed by atoms with Gasteiger partial charge in [0, 0.05) is 17.9 Å². The fourth-order valence-electron chi connectivity index (χ4n) is 4.05. The lowest BCUT2D eigenvalue weighted by atomic mass is 10.0. The van der Waals surface area contributed by atoms with Crippen molar-refractivity contribution >= 4 is 18.3 Å². The van der Waals surface area contributed by atoms with E-state index in [2.05, 4.69) is 58.7 Å². The van der Waals surface area contributed by atoms with Gasteiger partial charge in [0.25, 0.3) is 0 Å². The third-order valence-corrected chi connectivity index (χ3v) is 5.28. The second kappa shape index (κ2) is 8.03. The topological polar surface area (TPSA) is 32.3 Å². The summed E-state index contributed by atoms with van der Waals surface area (Å²) in [5.41, 5.74) is 2.63. The number of likely N-dealkylation sites (tertiary alicyclic amines) is 1. The van der Waals surface area contributed by atoms with Crippen LogP contribution in [0.4, 0.5) is 0 Å². The molecule has 25 heavy (non-hydrogen) atoms. The first-order valence-corrected chi connectivity index (χ1v) is 8.94. The number of rotatable bonds is 5. The number of amides is 1. The molecule has 1 saturated heterocycles. The van der Waals surface area contributed by atoms with E-state index in [1.54, 1.807) is 0 Å². The molecule has 3 nitrogen and oxygen atoms in total. The van der Waals surface area contributed by atoms with Gasteiger partial charge >= 0.3 is 0 Å². The monoisotopic (exact) mass is 356 g/mol. The minimum atomic E-state index is 0. The maximum absolute atomic E-state index is 12.5. The molecule has 2 aromatic rings. The lowest BCUT2D eigenvalue weighted by Gasteiger charge is -2.14. The van der Waals surface area contributed by atoms with Crippen LogP contribution < -0.4 is 5.32 Å². The van der Waals surface area contributed by atoms with E-state index in [1.807, 2.05) is 12.1 Å². The zero-order valence-electron chi connectivity index (χ0n) is 14.3. The van der Waals surface area contributed by atoms with Crippen molar-refractivity contribution in [2.75, 3.05) is 19.6 Å². The van der Waals surface area contributed by atoms with E-state index in [0.29, 0.717) is 18.4 Å². The SMILES string of the molecule is Cl.O=C(CN1CCCC1)NC1[C@@H](c2ccccc2)[C@H]1c1ccccc1. The molecule has 1 aliphatic carbocycles. The summed E-state index contributed by atoms with van der Waals surface area (Å²) in [4.78, 5) is 14.7. The van der Waals surface area contributed by atoms with E-state index in [4.69, 9.17) is 0 Å². The van der Waals surface area contributed by atoms with Crippen molar-refractivity contribution in [3.8, 4) is 0 Å². The number of hydrogen-bond donors (Lipinski definition) is 1. The van der Waals surface area contributed by atoms with Gasteiger partial charge in [0.2, 0.25) is 5.91 Å². The van der Waals surface area contributed by atoms with Gasteiger partial charge in [-0.1, -0.05) is 60.7 Å². The van der Waals surface area contributed by atoms with Crippen LogP contribution in [0.1, 0.15) is 35.8 Å². The first-order chi connectivity index (χ1) is 11.8. The Morgan fingerprint density at radius 3 is 1.84 bits per heavy atom. The predicted molar refractivity (Wildman–Crippen MR) is 103 cm³/mol. The molecular weight excluding hydrogens is 332 g/mol. The highest BCUT2D eigenvalue weighted by Gasteiger charge is 2.52. The number of benzene rings is 2. The highest BCUT2D eigenvalue weighted by molar-refractivity contribution is 5.85. The fourth-order valence-corrected chi connectivity index (χ4v) is 4.05. The van der Waals surface area contributed by atoms with Gasteiger partial charge in [-0.05, 0) is 37.1 Å². The Kier molecular flexibility index (Phi) is 5.77. The number of halogens is 1. The number of carbonyl (C=O) groups excluding carboxylic acids is 1. The van der Waals surface area contributed by atoms with E-state index >= 15 is 0 Å². The smallest absolute Gasteiger partial charge is 0.234 e. The zero-order chi connectivity index (χ0) is 16.4. The summed E-state index contributed by atoms with van der Waals surface area (Å²) in [7, 11) is 0. The van der Waals surface area contributed by atoms with Crippen molar-refractivity contribution in [3.63, 3.8) is 0 Å². The van der Waals surface area contributed by atoms with Crippen molar-refractivity contribution < 1.29 is 4.79 Å². The van der Waals surface area contributed by atoms with Gasteiger partial charge in [0.05, 0.1) is 6.54 Å². The lowest BCUT2D eigenvalue weighted by Crippen LogP contribution is -2.37. The van der Waals surface area contributed by atoms with Crippen LogP contribution in [-0.4, -0.2) is 36.5 Å². The van der Waals surface area contributed by atoms with Gasteiger partial charge in [0.15, 0.2) is 0 Å². The summed E-state index contributed by atoms with van der Waals surface area (Å²) in [5, 5.41) is 3.30. The maximum Gasteiger partial charge on any atom is 0.234 e. The van der Waals surface area contributed by atoms with Crippen molar-refractivity contribution in [1.29, 1.82) is 0 Å². The Balaban J connectivity index is 0.00000182. The second-order valence-corrected chi connectivity index (χ2v) is 6.95. The lowest BCUT2D eigenvalue weighted by molar-refractivity contribution is -0.122. The van der Waals surface area contributed by atoms with Crippen LogP contribution in [0.5, 0.6) is 0 Å². The molecule has 1 aliphatic heterocycles. The molecule has 4 heteroatoms. The standard InChI is InChI=1S/C21H24N2O.ClH/c24-18(15-23-13-7-8-14-23)22-21-19(16-9-3-1-4-10-16)20(21)17-11-5-2-6-12-17;/h1-6,9-12,19-21H,7-8,13-15H2,(H,22,24);1H/t19-,20+,21?;. The third kappa shape index (κ3) is 4.05. The highest BCUT2D eigenvalue weighted by Crippen LogP contribution is 2.54. The van der Waals surface area contributed by atoms with Gasteiger partial charge in [-0.15, -0.1) is 12.4 Å². The quantitative estimate of drug-likeness (QED) is 0.888. The molecule has 1 unspecified atom stereocenters. The van der Waals surface area contributed by atoms with E-state index in [-0.39, 0.29) is 24.4 Å². The molecule has 0 radical (unpaired) electrons. The van der Waals surface area contributed by atoms with E-state index in [0.717, 1.165) is 13.1 Å². The van der Waals surface area contributed by atoms with Crippen LogP contribution in [0, 0.1) is 0 Å². The Morgan fingerprint density at radius 2 is 1.36 bits per heavy atom. The number of carbonyl (C=O) groups is 1. The van der Waals surface area contributed by atoms with Crippen molar-refractivity contribution in [2.24, 2.45) is 0 Å². The van der Waals surface area contributed by atoms with Crippen LogP contribution in [0.2, 0.25) is 0 Å². The second-order valence-electron chi connectivity index (χ2n) is 6.95. The molecule has 3 atom stereocenters. The first-order valence-electron chi connectivity index (χ1n) is 8.94. The van der Waals surface area contributed by atoms with Crippen molar-refractivity contribution in [2.45, 2.75) is 30.7 Å². The molecule has 1 N–H and O–H groups in total. The minimum Gasteiger partial charge on any atom is -0.351 e. The average Bonchev–Trinajstić information content (AvgIpc) is 3.08. The Bertz CT molecular complexity index is 640. The molecule has 2 aromatic carbocycles. The molecule has 2 fully saturated rings. The normalized spacial score (nSPS) is 25.2. The largest absolute Gasteiger partial charge is 0.351 e. The Labute approximate surface area is 155 Å². The zero-order valence-corrected chi connectivity index (χ0v) is 15.1. The van der Waals surface area contributed by atoms with Gasteiger partial charge in [-0.3, -0.25) is 9.69 Å². The van der Waals surface area contributed by atoms with Crippen LogP contribution in [0.25, 0.3) is 0 Å². The minimum absolute atomic E-state index is 0. The summed E-state index contributed by atoms with van der Waals surface area (Å²) < 4.78 is 0. The van der Waals surface area contributed by atoms with E-state index in [1.165, 1.54) is 24.0 Å². The van der Waals surface area contributed by atoms with Crippen molar-refractivity contribution in [1.82, 2.24) is 10.2 Å². The van der Waals surface area contributed by atoms with Gasteiger partial charge in [0.1, 0.15) is 0 Å². The molecule has 2 aliphatic rings. The summed E-state index contributed by atoms with van der Waals surface area (Å²) in [6, 6.07) is 21.3. The van der Waals surface area contributed by atoms with Crippen LogP contribution >= 0.6 is 12.4 Å². The maximum atomic E-state index is 12.5. The molecule has 1 saturated carbocycles. The Hall–Kier alpha value is -1.84. The summed E-state index contributed by atoms with van der Waals surface area (Å²) >= 11 is 0. The average molecular weight is 357 g/mol. The summed E-state index contributed by atoms with van der Waals surface area (Å²) in [6.45, 7) is 2.66. The van der Waals surface area contributed by atoms with Crippen molar-refractivity contribution in [3.05, 3.63) is 71.8 Å². The molecule has 0 spiro atoms. The molecular formula is C21H25ClN2O. The number of hydrogen-bond acceptors (Lipinski definition) is 2. The number of nitrogens with zero attached hydrogens (tertiary/aromatic N) is 1. The van der Waals surface area contributed by atoms with Crippen LogP contribution in [0.3, 0.4) is 0 Å². The van der Waals surface area contributed by atoms with Crippen LogP contribution in [-0.2, 0) is 4.79 Å². The predicted octanol–water partition coefficient (Wildman–Crippen LogP) is 3.57. The first kappa shape index (κ1) is 18.0.